The van der Waals surface area contributed by atoms with E-state index in [1.807, 2.05) is 44.6 Å². The molecule has 0 fully saturated rings. The minimum absolute atomic E-state index is 0.0773. The van der Waals surface area contributed by atoms with Crippen molar-refractivity contribution in [3.8, 4) is 0 Å². The molecule has 0 bridgehead atoms. The van der Waals surface area contributed by atoms with Crippen LogP contribution in [0.1, 0.15) is 24.2 Å². The van der Waals surface area contributed by atoms with Gasteiger partial charge in [-0.25, -0.2) is 0 Å². The van der Waals surface area contributed by atoms with Crippen molar-refractivity contribution >= 4 is 0 Å². The first kappa shape index (κ1) is 13.8. The maximum Gasteiger partial charge on any atom is 0.0978 e. The molecule has 0 spiro atoms. The molecule has 4 heteroatoms. The van der Waals surface area contributed by atoms with E-state index >= 15 is 0 Å². The number of aromatic nitrogens is 2. The molecule has 2 rings (SSSR count). The quantitative estimate of drug-likeness (QED) is 0.864. The second kappa shape index (κ2) is 6.50. The first-order chi connectivity index (χ1) is 9.20. The summed E-state index contributed by atoms with van der Waals surface area (Å²) in [5.74, 6) is 0. The summed E-state index contributed by atoms with van der Waals surface area (Å²) in [4.78, 5) is 0. The Morgan fingerprint density at radius 1 is 1.32 bits per heavy atom. The Morgan fingerprint density at radius 2 is 2.05 bits per heavy atom. The van der Waals surface area contributed by atoms with Crippen molar-refractivity contribution in [3.63, 3.8) is 0 Å². The summed E-state index contributed by atoms with van der Waals surface area (Å²) >= 11 is 0. The van der Waals surface area contributed by atoms with Gasteiger partial charge in [0, 0.05) is 25.9 Å². The minimum Gasteiger partial charge on any atom is -0.372 e. The first-order valence-corrected chi connectivity index (χ1v) is 6.60. The van der Waals surface area contributed by atoms with E-state index < -0.39 is 0 Å². The van der Waals surface area contributed by atoms with Gasteiger partial charge in [0.05, 0.1) is 12.3 Å². The Morgan fingerprint density at radius 3 is 2.63 bits per heavy atom. The van der Waals surface area contributed by atoms with Crippen molar-refractivity contribution in [2.45, 2.75) is 25.5 Å². The fraction of sp³-hybridized carbons (Fsp3) is 0.400. The van der Waals surface area contributed by atoms with Crippen molar-refractivity contribution < 1.29 is 4.74 Å². The van der Waals surface area contributed by atoms with Crippen LogP contribution in [0.4, 0.5) is 0 Å². The van der Waals surface area contributed by atoms with E-state index in [4.69, 9.17) is 10.5 Å². The highest BCUT2D eigenvalue weighted by Crippen LogP contribution is 2.22. The number of nitrogens with two attached hydrogens (primary N) is 1. The second-order valence-corrected chi connectivity index (χ2v) is 4.68. The molecule has 4 nitrogen and oxygen atoms in total. The van der Waals surface area contributed by atoms with Crippen LogP contribution >= 0.6 is 0 Å². The smallest absolute Gasteiger partial charge is 0.0978 e. The maximum absolute atomic E-state index is 6.32. The second-order valence-electron chi connectivity index (χ2n) is 4.68. The molecular formula is C15H21N3O. The molecule has 0 aliphatic rings. The van der Waals surface area contributed by atoms with Gasteiger partial charge in [0.2, 0.25) is 0 Å². The average molecular weight is 259 g/mol. The molecule has 2 atom stereocenters. The molecule has 102 valence electrons. The predicted molar refractivity (Wildman–Crippen MR) is 75.7 cm³/mol. The van der Waals surface area contributed by atoms with E-state index in [2.05, 4.69) is 17.2 Å². The van der Waals surface area contributed by atoms with Crippen LogP contribution in [-0.4, -0.2) is 22.4 Å². The Labute approximate surface area is 114 Å². The first-order valence-electron chi connectivity index (χ1n) is 6.60. The monoisotopic (exact) mass is 259 g/mol. The average Bonchev–Trinajstić information content (AvgIpc) is 2.82. The Kier molecular flexibility index (Phi) is 4.71. The van der Waals surface area contributed by atoms with Gasteiger partial charge < -0.3 is 10.5 Å². The van der Waals surface area contributed by atoms with Crippen LogP contribution in [0.5, 0.6) is 0 Å². The van der Waals surface area contributed by atoms with E-state index in [9.17, 15) is 0 Å². The molecule has 0 aliphatic heterocycles. The van der Waals surface area contributed by atoms with Gasteiger partial charge >= 0.3 is 0 Å². The van der Waals surface area contributed by atoms with Gasteiger partial charge in [0.15, 0.2) is 0 Å². The fourth-order valence-corrected chi connectivity index (χ4v) is 2.25. The van der Waals surface area contributed by atoms with Gasteiger partial charge in [-0.3, -0.25) is 4.68 Å². The summed E-state index contributed by atoms with van der Waals surface area (Å²) in [6.07, 6.45) is 4.53. The van der Waals surface area contributed by atoms with E-state index in [1.54, 1.807) is 4.68 Å². The third kappa shape index (κ3) is 3.66. The fourth-order valence-electron chi connectivity index (χ4n) is 2.25. The van der Waals surface area contributed by atoms with Crippen molar-refractivity contribution in [2.24, 2.45) is 12.8 Å². The van der Waals surface area contributed by atoms with Gasteiger partial charge in [-0.05, 0) is 24.5 Å². The summed E-state index contributed by atoms with van der Waals surface area (Å²) in [7, 11) is 1.91. The number of rotatable bonds is 6. The summed E-state index contributed by atoms with van der Waals surface area (Å²) in [5.41, 5.74) is 8.58. The zero-order chi connectivity index (χ0) is 13.7. The third-order valence-electron chi connectivity index (χ3n) is 3.09. The van der Waals surface area contributed by atoms with Crippen molar-refractivity contribution in [2.75, 3.05) is 6.61 Å². The van der Waals surface area contributed by atoms with Crippen LogP contribution in [0, 0.1) is 0 Å². The molecule has 2 unspecified atom stereocenters. The van der Waals surface area contributed by atoms with Gasteiger partial charge in [-0.2, -0.15) is 5.10 Å². The Balaban J connectivity index is 2.10. The number of ether oxygens (including phenoxy) is 1. The van der Waals surface area contributed by atoms with Gasteiger partial charge in [-0.15, -0.1) is 0 Å². The molecule has 0 aliphatic carbocycles. The van der Waals surface area contributed by atoms with E-state index in [1.165, 1.54) is 0 Å². The summed E-state index contributed by atoms with van der Waals surface area (Å²) in [6, 6.07) is 10.1. The van der Waals surface area contributed by atoms with Crippen LogP contribution in [0.25, 0.3) is 0 Å². The number of benzene rings is 1. The predicted octanol–water partition coefficient (Wildman–Crippen LogP) is 2.07. The molecule has 2 N–H and O–H groups in total. The summed E-state index contributed by atoms with van der Waals surface area (Å²) in [5, 5.41) is 4.17. The molecule has 1 aromatic carbocycles. The van der Waals surface area contributed by atoms with Crippen LogP contribution in [0.15, 0.2) is 42.7 Å². The van der Waals surface area contributed by atoms with Gasteiger partial charge in [0.1, 0.15) is 0 Å². The zero-order valence-corrected chi connectivity index (χ0v) is 11.5. The lowest BCUT2D eigenvalue weighted by atomic mass is 9.98. The van der Waals surface area contributed by atoms with E-state index in [0.29, 0.717) is 6.61 Å². The third-order valence-corrected chi connectivity index (χ3v) is 3.09. The molecule has 2 aromatic rings. The van der Waals surface area contributed by atoms with Crippen LogP contribution < -0.4 is 5.73 Å². The molecule has 1 aromatic heterocycles. The van der Waals surface area contributed by atoms with Gasteiger partial charge in [-0.1, -0.05) is 30.3 Å². The molecule has 0 amide bonds. The van der Waals surface area contributed by atoms with Crippen molar-refractivity contribution in [1.29, 1.82) is 0 Å². The highest BCUT2D eigenvalue weighted by Gasteiger charge is 2.20. The highest BCUT2D eigenvalue weighted by molar-refractivity contribution is 5.20. The Hall–Kier alpha value is -1.65. The lowest BCUT2D eigenvalue weighted by Gasteiger charge is -2.24. The zero-order valence-electron chi connectivity index (χ0n) is 11.5. The van der Waals surface area contributed by atoms with E-state index in [-0.39, 0.29) is 12.1 Å². The number of nitrogens with zero attached hydrogens (tertiary/aromatic N) is 2. The highest BCUT2D eigenvalue weighted by atomic mass is 16.5. The number of hydrogen-bond donors (Lipinski definition) is 1. The van der Waals surface area contributed by atoms with Crippen LogP contribution in [0.3, 0.4) is 0 Å². The topological polar surface area (TPSA) is 53.1 Å². The number of hydrogen-bond acceptors (Lipinski definition) is 3. The SMILES string of the molecule is CCOC(c1ccccc1)C(N)Cc1cnn(C)c1. The molecule has 0 radical (unpaired) electrons. The summed E-state index contributed by atoms with van der Waals surface area (Å²) < 4.78 is 7.61. The van der Waals surface area contributed by atoms with Crippen LogP contribution in [0.2, 0.25) is 0 Å². The Bertz CT molecular complexity index is 495. The van der Waals surface area contributed by atoms with Gasteiger partial charge in [0.25, 0.3) is 0 Å². The van der Waals surface area contributed by atoms with Crippen molar-refractivity contribution in [1.82, 2.24) is 9.78 Å². The number of aryl methyl sites for hydroxylation is 1. The van der Waals surface area contributed by atoms with Crippen molar-refractivity contribution in [3.05, 3.63) is 53.9 Å². The minimum atomic E-state index is -0.0774. The molecular weight excluding hydrogens is 238 g/mol. The molecule has 0 saturated carbocycles. The van der Waals surface area contributed by atoms with Crippen LogP contribution in [-0.2, 0) is 18.2 Å². The molecule has 19 heavy (non-hydrogen) atoms. The largest absolute Gasteiger partial charge is 0.372 e. The maximum atomic E-state index is 6.32. The molecule has 0 saturated heterocycles. The summed E-state index contributed by atoms with van der Waals surface area (Å²) in [6.45, 7) is 2.65. The lowest BCUT2D eigenvalue weighted by Crippen LogP contribution is -2.32. The standard InChI is InChI=1S/C15H21N3O/c1-3-19-15(13-7-5-4-6-8-13)14(16)9-12-10-17-18(2)11-12/h4-8,10-11,14-15H,3,9,16H2,1-2H3. The normalized spacial score (nSPS) is 14.3. The van der Waals surface area contributed by atoms with E-state index in [0.717, 1.165) is 17.5 Å². The lowest BCUT2D eigenvalue weighted by molar-refractivity contribution is 0.0433. The molecule has 1 heterocycles.